The van der Waals surface area contributed by atoms with Gasteiger partial charge in [-0.05, 0) is 32.3 Å². The molecule has 0 saturated carbocycles. The van der Waals surface area contributed by atoms with E-state index >= 15 is 0 Å². The van der Waals surface area contributed by atoms with Crippen LogP contribution in [0.1, 0.15) is 24.5 Å². The molecule has 0 amide bonds. The van der Waals surface area contributed by atoms with Crippen LogP contribution in [0.15, 0.2) is 30.5 Å². The van der Waals surface area contributed by atoms with Crippen molar-refractivity contribution in [1.29, 1.82) is 0 Å². The number of aromatic nitrogens is 2. The first-order valence-electron chi connectivity index (χ1n) is 5.83. The topological polar surface area (TPSA) is 37.8 Å². The van der Waals surface area contributed by atoms with E-state index < -0.39 is 0 Å². The van der Waals surface area contributed by atoms with Crippen molar-refractivity contribution in [3.63, 3.8) is 0 Å². The summed E-state index contributed by atoms with van der Waals surface area (Å²) in [5, 5.41) is 8.25. The van der Waals surface area contributed by atoms with E-state index in [0.717, 1.165) is 17.8 Å². The Balaban J connectivity index is 1.82. The third-order valence-electron chi connectivity index (χ3n) is 2.70. The van der Waals surface area contributed by atoms with E-state index in [1.807, 2.05) is 0 Å². The summed E-state index contributed by atoms with van der Waals surface area (Å²) in [6, 6.07) is 9.14. The van der Waals surface area contributed by atoms with Crippen molar-refractivity contribution in [3.8, 4) is 0 Å². The van der Waals surface area contributed by atoms with Gasteiger partial charge in [0.15, 0.2) is 0 Å². The van der Waals surface area contributed by atoms with Crippen LogP contribution in [0.3, 0.4) is 0 Å². The van der Waals surface area contributed by atoms with Gasteiger partial charge in [0, 0.05) is 17.6 Å². The van der Waals surface area contributed by atoms with Crippen LogP contribution < -0.4 is 5.32 Å². The molecule has 0 aliphatic carbocycles. The predicted molar refractivity (Wildman–Crippen MR) is 72.5 cm³/mol. The highest BCUT2D eigenvalue weighted by Crippen LogP contribution is 2.14. The quantitative estimate of drug-likeness (QED) is 0.881. The highest BCUT2D eigenvalue weighted by molar-refractivity contribution is 7.09. The van der Waals surface area contributed by atoms with E-state index in [9.17, 15) is 0 Å². The number of nitrogens with zero attached hydrogens (tertiary/aromatic N) is 2. The molecular formula is C13H17N3S. The van der Waals surface area contributed by atoms with Crippen molar-refractivity contribution in [2.45, 2.75) is 32.7 Å². The molecule has 0 aliphatic heterocycles. The average Bonchev–Trinajstić information content (AvgIpc) is 2.79. The van der Waals surface area contributed by atoms with Crippen LogP contribution >= 0.6 is 11.5 Å². The SMILES string of the molecule is Cc1cccc(CCC(C)Nc2cnns2)c1. The Hall–Kier alpha value is -1.42. The molecule has 1 heterocycles. The summed E-state index contributed by atoms with van der Waals surface area (Å²) in [7, 11) is 0. The Kier molecular flexibility index (Phi) is 4.09. The molecule has 0 bridgehead atoms. The molecular weight excluding hydrogens is 230 g/mol. The normalized spacial score (nSPS) is 12.4. The molecule has 0 aliphatic rings. The smallest absolute Gasteiger partial charge is 0.130 e. The van der Waals surface area contributed by atoms with Crippen molar-refractivity contribution in [1.82, 2.24) is 9.59 Å². The zero-order valence-electron chi connectivity index (χ0n) is 10.2. The summed E-state index contributed by atoms with van der Waals surface area (Å²) in [5.74, 6) is 0. The van der Waals surface area contributed by atoms with Crippen LogP contribution in [0, 0.1) is 6.92 Å². The molecule has 1 unspecified atom stereocenters. The van der Waals surface area contributed by atoms with Gasteiger partial charge in [-0.1, -0.05) is 34.3 Å². The number of rotatable bonds is 5. The summed E-state index contributed by atoms with van der Waals surface area (Å²) in [4.78, 5) is 0. The van der Waals surface area contributed by atoms with Crippen molar-refractivity contribution in [3.05, 3.63) is 41.6 Å². The Morgan fingerprint density at radius 1 is 1.41 bits per heavy atom. The molecule has 4 heteroatoms. The summed E-state index contributed by atoms with van der Waals surface area (Å²) in [6.07, 6.45) is 3.98. The molecule has 17 heavy (non-hydrogen) atoms. The Morgan fingerprint density at radius 3 is 3.00 bits per heavy atom. The molecule has 2 aromatic rings. The summed E-state index contributed by atoms with van der Waals surface area (Å²) in [6.45, 7) is 4.32. The Morgan fingerprint density at radius 2 is 2.29 bits per heavy atom. The minimum Gasteiger partial charge on any atom is -0.372 e. The fourth-order valence-corrected chi connectivity index (χ4v) is 2.33. The highest BCUT2D eigenvalue weighted by Gasteiger charge is 2.04. The minimum atomic E-state index is 0.442. The first-order chi connectivity index (χ1) is 8.24. The Labute approximate surface area is 106 Å². The van der Waals surface area contributed by atoms with Crippen molar-refractivity contribution in [2.24, 2.45) is 0 Å². The van der Waals surface area contributed by atoms with Gasteiger partial charge in [-0.3, -0.25) is 0 Å². The van der Waals surface area contributed by atoms with Crippen molar-refractivity contribution in [2.75, 3.05) is 5.32 Å². The number of hydrogen-bond acceptors (Lipinski definition) is 4. The minimum absolute atomic E-state index is 0.442. The molecule has 2 rings (SSSR count). The predicted octanol–water partition coefficient (Wildman–Crippen LogP) is 3.28. The summed E-state index contributed by atoms with van der Waals surface area (Å²) in [5.41, 5.74) is 2.73. The third-order valence-corrected chi connectivity index (χ3v) is 3.29. The maximum absolute atomic E-state index is 3.83. The number of aryl methyl sites for hydroxylation is 2. The molecule has 0 saturated heterocycles. The van der Waals surface area contributed by atoms with Gasteiger partial charge in [0.2, 0.25) is 0 Å². The lowest BCUT2D eigenvalue weighted by Gasteiger charge is -2.12. The molecule has 1 aromatic carbocycles. The van der Waals surface area contributed by atoms with Crippen LogP contribution in [0.25, 0.3) is 0 Å². The van der Waals surface area contributed by atoms with E-state index in [0.29, 0.717) is 6.04 Å². The Bertz CT molecular complexity index is 453. The second kappa shape index (κ2) is 5.77. The van der Waals surface area contributed by atoms with Crippen LogP contribution in [-0.4, -0.2) is 15.6 Å². The first-order valence-corrected chi connectivity index (χ1v) is 6.61. The van der Waals surface area contributed by atoms with Crippen LogP contribution in [0.2, 0.25) is 0 Å². The lowest BCUT2D eigenvalue weighted by molar-refractivity contribution is 0.707. The van der Waals surface area contributed by atoms with Gasteiger partial charge in [0.1, 0.15) is 5.00 Å². The number of anilines is 1. The van der Waals surface area contributed by atoms with E-state index in [4.69, 9.17) is 0 Å². The fourth-order valence-electron chi connectivity index (χ4n) is 1.80. The van der Waals surface area contributed by atoms with Gasteiger partial charge >= 0.3 is 0 Å². The maximum Gasteiger partial charge on any atom is 0.130 e. The molecule has 0 fully saturated rings. The molecule has 1 atom stereocenters. The van der Waals surface area contributed by atoms with E-state index in [2.05, 4.69) is 53.0 Å². The molecule has 0 radical (unpaired) electrons. The standard InChI is InChI=1S/C13H17N3S/c1-10-4-3-5-12(8-10)7-6-11(2)15-13-9-14-16-17-13/h3-5,8-9,11,15H,6-7H2,1-2H3. The second-order valence-corrected chi connectivity index (χ2v) is 5.14. The van der Waals surface area contributed by atoms with E-state index in [1.165, 1.54) is 22.7 Å². The van der Waals surface area contributed by atoms with Crippen molar-refractivity contribution >= 4 is 16.5 Å². The highest BCUT2D eigenvalue weighted by atomic mass is 32.1. The van der Waals surface area contributed by atoms with Gasteiger partial charge in [-0.25, -0.2) is 0 Å². The number of hydrogen-bond donors (Lipinski definition) is 1. The lowest BCUT2D eigenvalue weighted by Crippen LogP contribution is -2.15. The van der Waals surface area contributed by atoms with E-state index in [-0.39, 0.29) is 0 Å². The zero-order chi connectivity index (χ0) is 12.1. The maximum atomic E-state index is 3.83. The average molecular weight is 247 g/mol. The molecule has 1 aromatic heterocycles. The molecule has 1 N–H and O–H groups in total. The summed E-state index contributed by atoms with van der Waals surface area (Å²) >= 11 is 1.40. The van der Waals surface area contributed by atoms with E-state index in [1.54, 1.807) is 6.20 Å². The summed E-state index contributed by atoms with van der Waals surface area (Å²) < 4.78 is 3.83. The van der Waals surface area contributed by atoms with Crippen LogP contribution in [0.4, 0.5) is 5.00 Å². The second-order valence-electron chi connectivity index (χ2n) is 4.35. The van der Waals surface area contributed by atoms with Gasteiger partial charge in [0.05, 0.1) is 6.20 Å². The number of nitrogens with one attached hydrogen (secondary N) is 1. The molecule has 0 spiro atoms. The monoisotopic (exact) mass is 247 g/mol. The molecule has 90 valence electrons. The van der Waals surface area contributed by atoms with Gasteiger partial charge in [-0.2, -0.15) is 0 Å². The van der Waals surface area contributed by atoms with Gasteiger partial charge in [-0.15, -0.1) is 5.10 Å². The first kappa shape index (κ1) is 12.0. The number of benzene rings is 1. The van der Waals surface area contributed by atoms with Gasteiger partial charge < -0.3 is 5.32 Å². The zero-order valence-corrected chi connectivity index (χ0v) is 11.0. The largest absolute Gasteiger partial charge is 0.372 e. The lowest BCUT2D eigenvalue weighted by atomic mass is 10.0. The fraction of sp³-hybridized carbons (Fsp3) is 0.385. The third kappa shape index (κ3) is 3.82. The van der Waals surface area contributed by atoms with Gasteiger partial charge in [0.25, 0.3) is 0 Å². The molecule has 3 nitrogen and oxygen atoms in total. The van der Waals surface area contributed by atoms with Crippen molar-refractivity contribution < 1.29 is 0 Å². The van der Waals surface area contributed by atoms with Crippen LogP contribution in [-0.2, 0) is 6.42 Å². The van der Waals surface area contributed by atoms with Crippen LogP contribution in [0.5, 0.6) is 0 Å².